The zero-order valence-electron chi connectivity index (χ0n) is 19.4. The molecule has 5 aromatic rings. The number of carboxylic acids is 1. The Morgan fingerprint density at radius 1 is 0.971 bits per heavy atom. The van der Waals surface area contributed by atoms with Crippen LogP contribution in [0.2, 0.25) is 0 Å². The monoisotopic (exact) mass is 466 g/mol. The molecule has 6 heteroatoms. The summed E-state index contributed by atoms with van der Waals surface area (Å²) in [7, 11) is 0. The van der Waals surface area contributed by atoms with Gasteiger partial charge in [-0.15, -0.1) is 0 Å². The predicted molar refractivity (Wildman–Crippen MR) is 137 cm³/mol. The minimum absolute atomic E-state index is 0.385. The lowest BCUT2D eigenvalue weighted by atomic mass is 10.0. The Kier molecular flexibility index (Phi) is 6.35. The van der Waals surface area contributed by atoms with Gasteiger partial charge in [0.25, 0.3) is 6.01 Å². The van der Waals surface area contributed by atoms with Crippen molar-refractivity contribution in [2.45, 2.75) is 32.5 Å². The van der Waals surface area contributed by atoms with Gasteiger partial charge in [-0.05, 0) is 52.6 Å². The average molecular weight is 467 g/mol. The number of rotatable bonds is 9. The Morgan fingerprint density at radius 3 is 2.57 bits per heavy atom. The highest BCUT2D eigenvalue weighted by Gasteiger charge is 2.19. The smallest absolute Gasteiger partial charge is 0.344 e. The summed E-state index contributed by atoms with van der Waals surface area (Å²) in [6.07, 6.45) is -0.496. The maximum atomic E-state index is 11.4. The van der Waals surface area contributed by atoms with E-state index in [4.69, 9.17) is 14.1 Å². The van der Waals surface area contributed by atoms with E-state index in [9.17, 15) is 9.90 Å². The van der Waals surface area contributed by atoms with E-state index < -0.39 is 12.1 Å². The maximum absolute atomic E-state index is 11.4. The van der Waals surface area contributed by atoms with Crippen LogP contribution >= 0.6 is 0 Å². The molecule has 1 atom stereocenters. The molecule has 0 aliphatic carbocycles. The minimum atomic E-state index is -0.970. The summed E-state index contributed by atoms with van der Waals surface area (Å²) < 4.78 is 11.9. The Labute approximate surface area is 203 Å². The number of aromatic nitrogens is 1. The first-order chi connectivity index (χ1) is 17.1. The number of aliphatic carboxylic acids is 1. The Hall–Kier alpha value is -4.32. The van der Waals surface area contributed by atoms with E-state index in [-0.39, 0.29) is 0 Å². The number of hydrogen-bond donors (Lipinski definition) is 1. The first kappa shape index (κ1) is 22.5. The molecule has 1 unspecified atom stereocenters. The largest absolute Gasteiger partial charge is 0.479 e. The van der Waals surface area contributed by atoms with Crippen LogP contribution in [0.15, 0.2) is 95.4 Å². The molecule has 0 radical (unpaired) electrons. The number of fused-ring (bicyclic) bond motifs is 2. The quantitative estimate of drug-likeness (QED) is 0.270. The molecular formula is C29H26N2O4. The van der Waals surface area contributed by atoms with Crippen LogP contribution in [0.3, 0.4) is 0 Å². The summed E-state index contributed by atoms with van der Waals surface area (Å²) in [5.41, 5.74) is 3.66. The first-order valence-electron chi connectivity index (χ1n) is 11.7. The molecule has 1 aromatic heterocycles. The lowest BCUT2D eigenvalue weighted by Gasteiger charge is -2.22. The molecule has 6 nitrogen and oxygen atoms in total. The SMILES string of the molecule is CCC(Oc1cccc(CN(Cc2cccc3ccccc23)c2nc3ccccc3o2)c1)C(=O)O. The van der Waals surface area contributed by atoms with Crippen LogP contribution in [0, 0.1) is 0 Å². The zero-order valence-corrected chi connectivity index (χ0v) is 19.4. The third-order valence-corrected chi connectivity index (χ3v) is 5.99. The number of carboxylic acid groups (broad SMARTS) is 1. The molecule has 0 bridgehead atoms. The highest BCUT2D eigenvalue weighted by atomic mass is 16.5. The molecular weight excluding hydrogens is 440 g/mol. The molecule has 4 aromatic carbocycles. The van der Waals surface area contributed by atoms with E-state index in [1.165, 1.54) is 10.8 Å². The van der Waals surface area contributed by atoms with Gasteiger partial charge in [0.1, 0.15) is 11.3 Å². The second-order valence-electron chi connectivity index (χ2n) is 8.46. The fraction of sp³-hybridized carbons (Fsp3) is 0.172. The molecule has 0 aliphatic heterocycles. The number of benzene rings is 4. The standard InChI is InChI=1S/C29H26N2O4/c1-2-26(28(32)33)34-23-13-7-9-20(17-23)18-31(29-30-25-15-5-6-16-27(25)35-29)19-22-12-8-11-21-10-3-4-14-24(21)22/h3-17,26H,2,18-19H2,1H3,(H,32,33). The van der Waals surface area contributed by atoms with E-state index >= 15 is 0 Å². The van der Waals surface area contributed by atoms with Crippen LogP contribution < -0.4 is 9.64 Å². The van der Waals surface area contributed by atoms with Crippen LogP contribution in [0.5, 0.6) is 5.75 Å². The average Bonchev–Trinajstić information content (AvgIpc) is 3.31. The van der Waals surface area contributed by atoms with Crippen molar-refractivity contribution in [3.05, 3.63) is 102 Å². The van der Waals surface area contributed by atoms with Crippen molar-refractivity contribution >= 4 is 33.9 Å². The Morgan fingerprint density at radius 2 is 1.74 bits per heavy atom. The van der Waals surface area contributed by atoms with Gasteiger partial charge in [0.15, 0.2) is 11.7 Å². The normalized spacial score (nSPS) is 12.0. The fourth-order valence-electron chi connectivity index (χ4n) is 4.23. The summed E-state index contributed by atoms with van der Waals surface area (Å²) in [5, 5.41) is 11.7. The summed E-state index contributed by atoms with van der Waals surface area (Å²) in [6, 6.07) is 30.4. The second-order valence-corrected chi connectivity index (χ2v) is 8.46. The van der Waals surface area contributed by atoms with Gasteiger partial charge in [0.05, 0.1) is 0 Å². The molecule has 0 fully saturated rings. The summed E-state index contributed by atoms with van der Waals surface area (Å²) in [6.45, 7) is 2.89. The topological polar surface area (TPSA) is 75.8 Å². The van der Waals surface area contributed by atoms with Gasteiger partial charge in [-0.3, -0.25) is 0 Å². The van der Waals surface area contributed by atoms with Gasteiger partial charge in [-0.1, -0.05) is 73.7 Å². The van der Waals surface area contributed by atoms with Crippen molar-refractivity contribution in [3.8, 4) is 5.75 Å². The van der Waals surface area contributed by atoms with Crippen LogP contribution in [0.25, 0.3) is 21.9 Å². The Balaban J connectivity index is 1.49. The zero-order chi connectivity index (χ0) is 24.2. The van der Waals surface area contributed by atoms with E-state index in [1.807, 2.05) is 54.6 Å². The fourth-order valence-corrected chi connectivity index (χ4v) is 4.23. The maximum Gasteiger partial charge on any atom is 0.344 e. The molecule has 0 amide bonds. The third kappa shape index (κ3) is 4.96. The molecule has 1 heterocycles. The minimum Gasteiger partial charge on any atom is -0.479 e. The Bertz CT molecular complexity index is 1440. The molecule has 35 heavy (non-hydrogen) atoms. The highest BCUT2D eigenvalue weighted by molar-refractivity contribution is 5.86. The van der Waals surface area contributed by atoms with Crippen molar-refractivity contribution in [2.75, 3.05) is 4.90 Å². The molecule has 0 aliphatic rings. The number of hydrogen-bond acceptors (Lipinski definition) is 5. The lowest BCUT2D eigenvalue weighted by Crippen LogP contribution is -2.26. The van der Waals surface area contributed by atoms with Gasteiger partial charge in [-0.2, -0.15) is 4.98 Å². The first-order valence-corrected chi connectivity index (χ1v) is 11.7. The van der Waals surface area contributed by atoms with Crippen LogP contribution in [0.4, 0.5) is 6.01 Å². The van der Waals surface area contributed by atoms with E-state index in [0.29, 0.717) is 31.3 Å². The number of para-hydroxylation sites is 2. The number of anilines is 1. The van der Waals surface area contributed by atoms with Gasteiger partial charge in [0.2, 0.25) is 0 Å². The molecule has 0 saturated carbocycles. The highest BCUT2D eigenvalue weighted by Crippen LogP contribution is 2.28. The van der Waals surface area contributed by atoms with Crippen LogP contribution in [-0.4, -0.2) is 22.2 Å². The number of ether oxygens (including phenoxy) is 1. The summed E-state index contributed by atoms with van der Waals surface area (Å²) in [5.74, 6) is -0.443. The summed E-state index contributed by atoms with van der Waals surface area (Å²) in [4.78, 5) is 18.3. The van der Waals surface area contributed by atoms with Gasteiger partial charge in [-0.25, -0.2) is 4.79 Å². The molecule has 1 N–H and O–H groups in total. The number of oxazole rings is 1. The van der Waals surface area contributed by atoms with Crippen LogP contribution in [-0.2, 0) is 17.9 Å². The van der Waals surface area contributed by atoms with Crippen molar-refractivity contribution in [3.63, 3.8) is 0 Å². The lowest BCUT2D eigenvalue weighted by molar-refractivity contribution is -0.145. The van der Waals surface area contributed by atoms with E-state index in [2.05, 4.69) is 35.2 Å². The predicted octanol–water partition coefficient (Wildman–Crippen LogP) is 6.43. The van der Waals surface area contributed by atoms with Gasteiger partial charge >= 0.3 is 5.97 Å². The van der Waals surface area contributed by atoms with Gasteiger partial charge < -0.3 is 19.2 Å². The van der Waals surface area contributed by atoms with Crippen molar-refractivity contribution in [1.82, 2.24) is 4.98 Å². The molecule has 0 saturated heterocycles. The van der Waals surface area contributed by atoms with Crippen molar-refractivity contribution in [2.24, 2.45) is 0 Å². The molecule has 176 valence electrons. The number of nitrogens with zero attached hydrogens (tertiary/aromatic N) is 2. The van der Waals surface area contributed by atoms with E-state index in [1.54, 1.807) is 13.0 Å². The van der Waals surface area contributed by atoms with E-state index in [0.717, 1.165) is 22.2 Å². The van der Waals surface area contributed by atoms with Crippen molar-refractivity contribution < 1.29 is 19.1 Å². The third-order valence-electron chi connectivity index (χ3n) is 5.99. The van der Waals surface area contributed by atoms with Crippen LogP contribution in [0.1, 0.15) is 24.5 Å². The molecule has 5 rings (SSSR count). The van der Waals surface area contributed by atoms with Gasteiger partial charge in [0, 0.05) is 13.1 Å². The summed E-state index contributed by atoms with van der Waals surface area (Å²) >= 11 is 0. The second kappa shape index (κ2) is 9.89. The molecule has 0 spiro atoms. The van der Waals surface area contributed by atoms with Crippen molar-refractivity contribution in [1.29, 1.82) is 0 Å². The number of carbonyl (C=O) groups is 1.